The van der Waals surface area contributed by atoms with Gasteiger partial charge in [-0.2, -0.15) is 11.8 Å². The summed E-state index contributed by atoms with van der Waals surface area (Å²) in [5.74, 6) is 0.187. The largest absolute Gasteiger partial charge is 0.351 e. The smallest absolute Gasteiger partial charge is 0.323 e. The second kappa shape index (κ2) is 9.12. The van der Waals surface area contributed by atoms with Crippen molar-refractivity contribution in [2.75, 3.05) is 35.3 Å². The Morgan fingerprint density at radius 2 is 2.20 bits per heavy atom. The van der Waals surface area contributed by atoms with Crippen LogP contribution in [0.15, 0.2) is 36.9 Å². The molecule has 0 aromatic heterocycles. The number of hydrogen-bond acceptors (Lipinski definition) is 4. The SMILES string of the molecule is C=CCNC(=O)C(CCSC)NC(=O)N1CC(=O)Nc2ccccc21. The zero-order valence-corrected chi connectivity index (χ0v) is 14.9. The lowest BCUT2D eigenvalue weighted by atomic mass is 10.2. The first-order valence-electron chi connectivity index (χ1n) is 7.91. The number of amides is 4. The molecule has 0 saturated carbocycles. The number of fused-ring (bicyclic) bond motifs is 1. The zero-order chi connectivity index (χ0) is 18.2. The molecule has 1 aliphatic heterocycles. The van der Waals surface area contributed by atoms with Crippen molar-refractivity contribution in [3.63, 3.8) is 0 Å². The molecule has 1 atom stereocenters. The Balaban J connectivity index is 2.13. The molecule has 1 heterocycles. The van der Waals surface area contributed by atoms with Gasteiger partial charge in [0.2, 0.25) is 11.8 Å². The maximum absolute atomic E-state index is 12.7. The van der Waals surface area contributed by atoms with E-state index in [1.807, 2.05) is 6.26 Å². The second-order valence-corrected chi connectivity index (χ2v) is 6.45. The average Bonchev–Trinajstić information content (AvgIpc) is 2.62. The van der Waals surface area contributed by atoms with E-state index in [1.54, 1.807) is 42.1 Å². The molecule has 0 aliphatic carbocycles. The van der Waals surface area contributed by atoms with E-state index in [4.69, 9.17) is 0 Å². The first-order valence-corrected chi connectivity index (χ1v) is 9.30. The van der Waals surface area contributed by atoms with Crippen LogP contribution in [0.4, 0.5) is 16.2 Å². The molecule has 0 saturated heterocycles. The van der Waals surface area contributed by atoms with Crippen molar-refractivity contribution < 1.29 is 14.4 Å². The molecular weight excluding hydrogens is 340 g/mol. The number of para-hydroxylation sites is 2. The molecule has 0 fully saturated rings. The van der Waals surface area contributed by atoms with Gasteiger partial charge in [-0.3, -0.25) is 14.5 Å². The summed E-state index contributed by atoms with van der Waals surface area (Å²) in [4.78, 5) is 38.1. The predicted octanol–water partition coefficient (Wildman–Crippen LogP) is 1.58. The standard InChI is InChI=1S/C17H22N4O3S/c1-3-9-18-16(23)13(8-10-25-2)20-17(24)21-11-15(22)19-12-6-4-5-7-14(12)21/h3-7,13H,1,8-11H2,2H3,(H,18,23)(H,19,22)(H,20,24). The molecule has 8 heteroatoms. The maximum Gasteiger partial charge on any atom is 0.323 e. The number of anilines is 2. The Morgan fingerprint density at radius 1 is 1.44 bits per heavy atom. The van der Waals surface area contributed by atoms with Crippen LogP contribution in [0.1, 0.15) is 6.42 Å². The summed E-state index contributed by atoms with van der Waals surface area (Å²) < 4.78 is 0. The lowest BCUT2D eigenvalue weighted by Gasteiger charge is -2.30. The van der Waals surface area contributed by atoms with Crippen LogP contribution in [0.5, 0.6) is 0 Å². The molecule has 1 aliphatic rings. The molecule has 0 bridgehead atoms. The van der Waals surface area contributed by atoms with E-state index in [-0.39, 0.29) is 18.4 Å². The van der Waals surface area contributed by atoms with Gasteiger partial charge in [0, 0.05) is 6.54 Å². The summed E-state index contributed by atoms with van der Waals surface area (Å²) >= 11 is 1.59. The van der Waals surface area contributed by atoms with Gasteiger partial charge in [-0.05, 0) is 30.6 Å². The number of carbonyl (C=O) groups excluding carboxylic acids is 3. The minimum absolute atomic E-state index is 0.0909. The van der Waals surface area contributed by atoms with Crippen LogP contribution < -0.4 is 20.9 Å². The molecule has 0 radical (unpaired) electrons. The number of benzene rings is 1. The van der Waals surface area contributed by atoms with Gasteiger partial charge in [0.15, 0.2) is 0 Å². The van der Waals surface area contributed by atoms with Gasteiger partial charge < -0.3 is 16.0 Å². The molecule has 1 unspecified atom stereocenters. The summed E-state index contributed by atoms with van der Waals surface area (Å²) in [7, 11) is 0. The van der Waals surface area contributed by atoms with E-state index in [9.17, 15) is 14.4 Å². The Kier molecular flexibility index (Phi) is 6.88. The topological polar surface area (TPSA) is 90.5 Å². The molecule has 2 rings (SSSR count). The highest BCUT2D eigenvalue weighted by Crippen LogP contribution is 2.28. The van der Waals surface area contributed by atoms with Crippen LogP contribution in [0.25, 0.3) is 0 Å². The van der Waals surface area contributed by atoms with Crippen molar-refractivity contribution in [2.24, 2.45) is 0 Å². The van der Waals surface area contributed by atoms with E-state index >= 15 is 0 Å². The van der Waals surface area contributed by atoms with Crippen molar-refractivity contribution >= 4 is 41.0 Å². The minimum atomic E-state index is -0.669. The Bertz CT molecular complexity index is 665. The Labute approximate surface area is 151 Å². The summed E-state index contributed by atoms with van der Waals surface area (Å²) in [6, 6.07) is 5.92. The zero-order valence-electron chi connectivity index (χ0n) is 14.1. The van der Waals surface area contributed by atoms with Crippen molar-refractivity contribution in [1.82, 2.24) is 10.6 Å². The summed E-state index contributed by atoms with van der Waals surface area (Å²) in [5, 5.41) is 8.17. The first kappa shape index (κ1) is 18.9. The Hall–Kier alpha value is -2.48. The molecule has 4 amide bonds. The van der Waals surface area contributed by atoms with Crippen LogP contribution >= 0.6 is 11.8 Å². The number of nitrogens with one attached hydrogen (secondary N) is 3. The number of hydrogen-bond donors (Lipinski definition) is 3. The second-order valence-electron chi connectivity index (χ2n) is 5.47. The van der Waals surface area contributed by atoms with Gasteiger partial charge in [-0.15, -0.1) is 6.58 Å². The molecule has 0 spiro atoms. The lowest BCUT2D eigenvalue weighted by Crippen LogP contribution is -2.54. The lowest BCUT2D eigenvalue weighted by molar-refractivity contribution is -0.122. The number of nitrogens with zero attached hydrogens (tertiary/aromatic N) is 1. The van der Waals surface area contributed by atoms with E-state index in [1.165, 1.54) is 4.90 Å². The number of rotatable bonds is 7. The van der Waals surface area contributed by atoms with E-state index < -0.39 is 12.1 Å². The summed E-state index contributed by atoms with van der Waals surface area (Å²) in [6.07, 6.45) is 4.01. The third-order valence-electron chi connectivity index (χ3n) is 3.66. The fourth-order valence-electron chi connectivity index (χ4n) is 2.44. The Morgan fingerprint density at radius 3 is 2.92 bits per heavy atom. The molecule has 3 N–H and O–H groups in total. The minimum Gasteiger partial charge on any atom is -0.351 e. The molecule has 134 valence electrons. The van der Waals surface area contributed by atoms with Crippen molar-refractivity contribution in [1.29, 1.82) is 0 Å². The van der Waals surface area contributed by atoms with Gasteiger partial charge >= 0.3 is 6.03 Å². The summed E-state index contributed by atoms with van der Waals surface area (Å²) in [6.45, 7) is 3.80. The van der Waals surface area contributed by atoms with Gasteiger partial charge in [-0.1, -0.05) is 18.2 Å². The van der Waals surface area contributed by atoms with E-state index in [2.05, 4.69) is 22.5 Å². The quantitative estimate of drug-likeness (QED) is 0.642. The molecule has 1 aromatic rings. The van der Waals surface area contributed by atoms with Gasteiger partial charge in [0.25, 0.3) is 0 Å². The maximum atomic E-state index is 12.7. The van der Waals surface area contributed by atoms with Crippen LogP contribution in [-0.4, -0.2) is 49.0 Å². The van der Waals surface area contributed by atoms with Crippen molar-refractivity contribution in [3.05, 3.63) is 36.9 Å². The molecule has 25 heavy (non-hydrogen) atoms. The van der Waals surface area contributed by atoms with Crippen LogP contribution in [-0.2, 0) is 9.59 Å². The first-order chi connectivity index (χ1) is 12.1. The third-order valence-corrected chi connectivity index (χ3v) is 4.31. The van der Waals surface area contributed by atoms with Crippen molar-refractivity contribution in [2.45, 2.75) is 12.5 Å². The van der Waals surface area contributed by atoms with E-state index in [0.717, 1.165) is 5.75 Å². The van der Waals surface area contributed by atoms with Crippen LogP contribution in [0, 0.1) is 0 Å². The molecule has 7 nitrogen and oxygen atoms in total. The number of carbonyl (C=O) groups is 3. The summed E-state index contributed by atoms with van der Waals surface area (Å²) in [5.41, 5.74) is 1.18. The third kappa shape index (κ3) is 4.99. The monoisotopic (exact) mass is 362 g/mol. The van der Waals surface area contributed by atoms with Crippen LogP contribution in [0.2, 0.25) is 0 Å². The average molecular weight is 362 g/mol. The van der Waals surface area contributed by atoms with Gasteiger partial charge in [0.1, 0.15) is 12.6 Å². The fraction of sp³-hybridized carbons (Fsp3) is 0.353. The van der Waals surface area contributed by atoms with Gasteiger partial charge in [-0.25, -0.2) is 4.79 Å². The highest BCUT2D eigenvalue weighted by atomic mass is 32.2. The highest BCUT2D eigenvalue weighted by Gasteiger charge is 2.29. The highest BCUT2D eigenvalue weighted by molar-refractivity contribution is 7.98. The normalized spacial score (nSPS) is 14.1. The van der Waals surface area contributed by atoms with Crippen molar-refractivity contribution in [3.8, 4) is 0 Å². The van der Waals surface area contributed by atoms with E-state index in [0.29, 0.717) is 24.3 Å². The van der Waals surface area contributed by atoms with Crippen LogP contribution in [0.3, 0.4) is 0 Å². The predicted molar refractivity (Wildman–Crippen MR) is 101 cm³/mol. The fourth-order valence-corrected chi connectivity index (χ4v) is 2.91. The number of thioether (sulfide) groups is 1. The number of urea groups is 1. The molecule has 1 aromatic carbocycles. The molecular formula is C17H22N4O3S. The van der Waals surface area contributed by atoms with Gasteiger partial charge in [0.05, 0.1) is 11.4 Å².